The second kappa shape index (κ2) is 5.72. The average molecular weight is 343 g/mol. The number of rotatable bonds is 2. The minimum Gasteiger partial charge on any atom is -0.321 e. The van der Waals surface area contributed by atoms with E-state index in [0.717, 1.165) is 10.0 Å². The molecule has 0 atom stereocenters. The summed E-state index contributed by atoms with van der Waals surface area (Å²) in [6.07, 6.45) is 0. The molecule has 2 aromatic carbocycles. The highest BCUT2D eigenvalue weighted by Crippen LogP contribution is 2.26. The van der Waals surface area contributed by atoms with Crippen LogP contribution in [0.15, 0.2) is 40.9 Å². The molecule has 2 rings (SSSR count). The molecule has 1 N–H and O–H groups in total. The van der Waals surface area contributed by atoms with Crippen molar-refractivity contribution in [1.29, 1.82) is 0 Å². The Morgan fingerprint density at radius 3 is 2.68 bits per heavy atom. The molecule has 0 aliphatic heterocycles. The van der Waals surface area contributed by atoms with Crippen molar-refractivity contribution < 1.29 is 9.18 Å². The summed E-state index contributed by atoms with van der Waals surface area (Å²) in [5.41, 5.74) is 1.25. The number of hydrogen-bond acceptors (Lipinski definition) is 1. The maximum absolute atomic E-state index is 13.6. The SMILES string of the molecule is Cc1ccc(F)c(C(=O)Nc2ccc(Br)cc2Cl)c1. The molecular weight excluding hydrogens is 333 g/mol. The molecule has 19 heavy (non-hydrogen) atoms. The van der Waals surface area contributed by atoms with Crippen LogP contribution in [0.4, 0.5) is 10.1 Å². The molecule has 98 valence electrons. The monoisotopic (exact) mass is 341 g/mol. The molecule has 1 amide bonds. The van der Waals surface area contributed by atoms with Gasteiger partial charge in [-0.25, -0.2) is 4.39 Å². The lowest BCUT2D eigenvalue weighted by Crippen LogP contribution is -2.14. The van der Waals surface area contributed by atoms with Gasteiger partial charge >= 0.3 is 0 Å². The number of aryl methyl sites for hydroxylation is 1. The lowest BCUT2D eigenvalue weighted by molar-refractivity contribution is 0.102. The van der Waals surface area contributed by atoms with Gasteiger partial charge in [0, 0.05) is 4.47 Å². The van der Waals surface area contributed by atoms with Crippen LogP contribution in [0.5, 0.6) is 0 Å². The highest BCUT2D eigenvalue weighted by Gasteiger charge is 2.13. The van der Waals surface area contributed by atoms with Crippen molar-refractivity contribution in [2.24, 2.45) is 0 Å². The Balaban J connectivity index is 2.28. The highest BCUT2D eigenvalue weighted by molar-refractivity contribution is 9.10. The number of nitrogens with one attached hydrogen (secondary N) is 1. The Hall–Kier alpha value is -1.39. The number of halogens is 3. The summed E-state index contributed by atoms with van der Waals surface area (Å²) in [4.78, 5) is 12.0. The number of carbonyl (C=O) groups excluding carboxylic acids is 1. The van der Waals surface area contributed by atoms with Crippen molar-refractivity contribution in [3.05, 3.63) is 62.8 Å². The molecular formula is C14H10BrClFNO. The molecule has 0 saturated heterocycles. The van der Waals surface area contributed by atoms with Crippen LogP contribution in [-0.4, -0.2) is 5.91 Å². The molecule has 0 bridgehead atoms. The molecule has 0 heterocycles. The van der Waals surface area contributed by atoms with Gasteiger partial charge in [-0.3, -0.25) is 4.79 Å². The maximum Gasteiger partial charge on any atom is 0.258 e. The summed E-state index contributed by atoms with van der Waals surface area (Å²) in [6, 6.07) is 9.43. The smallest absolute Gasteiger partial charge is 0.258 e. The first-order chi connectivity index (χ1) is 8.97. The number of anilines is 1. The maximum atomic E-state index is 13.6. The van der Waals surface area contributed by atoms with Crippen LogP contribution in [0.1, 0.15) is 15.9 Å². The quantitative estimate of drug-likeness (QED) is 0.834. The van der Waals surface area contributed by atoms with E-state index in [9.17, 15) is 9.18 Å². The standard InChI is InChI=1S/C14H10BrClFNO/c1-8-2-4-12(17)10(6-8)14(19)18-13-5-3-9(15)7-11(13)16/h2-7H,1H3,(H,18,19). The molecule has 0 aliphatic rings. The van der Waals surface area contributed by atoms with E-state index in [0.29, 0.717) is 10.7 Å². The van der Waals surface area contributed by atoms with Crippen molar-refractivity contribution in [3.63, 3.8) is 0 Å². The second-order valence-electron chi connectivity index (χ2n) is 4.06. The largest absolute Gasteiger partial charge is 0.321 e. The molecule has 2 nitrogen and oxygen atoms in total. The van der Waals surface area contributed by atoms with Gasteiger partial charge < -0.3 is 5.32 Å². The van der Waals surface area contributed by atoms with Crippen molar-refractivity contribution in [2.45, 2.75) is 6.92 Å². The van der Waals surface area contributed by atoms with E-state index in [4.69, 9.17) is 11.6 Å². The zero-order valence-corrected chi connectivity index (χ0v) is 12.3. The summed E-state index contributed by atoms with van der Waals surface area (Å²) >= 11 is 9.27. The lowest BCUT2D eigenvalue weighted by atomic mass is 10.1. The number of carbonyl (C=O) groups is 1. The van der Waals surface area contributed by atoms with Gasteiger partial charge in [0.05, 0.1) is 16.3 Å². The van der Waals surface area contributed by atoms with Gasteiger partial charge in [-0.1, -0.05) is 39.2 Å². The fourth-order valence-electron chi connectivity index (χ4n) is 1.59. The number of amides is 1. The van der Waals surface area contributed by atoms with E-state index in [1.165, 1.54) is 12.1 Å². The first-order valence-corrected chi connectivity index (χ1v) is 6.67. The molecule has 0 fully saturated rings. The summed E-state index contributed by atoms with van der Waals surface area (Å²) < 4.78 is 14.4. The zero-order chi connectivity index (χ0) is 14.0. The third-order valence-corrected chi connectivity index (χ3v) is 3.35. The van der Waals surface area contributed by atoms with Gasteiger partial charge in [0.2, 0.25) is 0 Å². The van der Waals surface area contributed by atoms with Crippen LogP contribution >= 0.6 is 27.5 Å². The lowest BCUT2D eigenvalue weighted by Gasteiger charge is -2.08. The summed E-state index contributed by atoms with van der Waals surface area (Å²) in [5.74, 6) is -1.08. The molecule has 0 saturated carbocycles. The minimum atomic E-state index is -0.559. The average Bonchev–Trinajstić information content (AvgIpc) is 2.35. The highest BCUT2D eigenvalue weighted by atomic mass is 79.9. The molecule has 0 radical (unpaired) electrons. The fraction of sp³-hybridized carbons (Fsp3) is 0.0714. The van der Waals surface area contributed by atoms with E-state index in [2.05, 4.69) is 21.2 Å². The van der Waals surface area contributed by atoms with Crippen LogP contribution in [-0.2, 0) is 0 Å². The summed E-state index contributed by atoms with van der Waals surface area (Å²) in [7, 11) is 0. The van der Waals surface area contributed by atoms with Gasteiger partial charge in [-0.2, -0.15) is 0 Å². The van der Waals surface area contributed by atoms with Crippen molar-refractivity contribution in [1.82, 2.24) is 0 Å². The van der Waals surface area contributed by atoms with Crippen molar-refractivity contribution in [2.75, 3.05) is 5.32 Å². The molecule has 0 aromatic heterocycles. The van der Waals surface area contributed by atoms with E-state index in [-0.39, 0.29) is 5.56 Å². The van der Waals surface area contributed by atoms with E-state index in [1.807, 2.05) is 0 Å². The number of hydrogen-bond donors (Lipinski definition) is 1. The summed E-state index contributed by atoms with van der Waals surface area (Å²) in [5, 5.41) is 2.98. The van der Waals surface area contributed by atoms with Gasteiger partial charge in [-0.15, -0.1) is 0 Å². The van der Waals surface area contributed by atoms with Crippen molar-refractivity contribution >= 4 is 39.1 Å². The van der Waals surface area contributed by atoms with Crippen LogP contribution < -0.4 is 5.32 Å². The van der Waals surface area contributed by atoms with Gasteiger partial charge in [-0.05, 0) is 37.3 Å². The number of benzene rings is 2. The van der Waals surface area contributed by atoms with Gasteiger partial charge in [0.25, 0.3) is 5.91 Å². The molecule has 5 heteroatoms. The van der Waals surface area contributed by atoms with Gasteiger partial charge in [0.1, 0.15) is 5.82 Å². The Labute approximate surface area is 123 Å². The zero-order valence-electron chi connectivity index (χ0n) is 10.0. The Morgan fingerprint density at radius 2 is 2.00 bits per heavy atom. The predicted octanol–water partition coefficient (Wildman–Crippen LogP) is 4.80. The Morgan fingerprint density at radius 1 is 1.26 bits per heavy atom. The molecule has 0 spiro atoms. The Bertz CT molecular complexity index is 645. The van der Waals surface area contributed by atoms with Crippen LogP contribution in [0, 0.1) is 12.7 Å². The normalized spacial score (nSPS) is 10.3. The molecule has 0 aliphatic carbocycles. The van der Waals surface area contributed by atoms with E-state index >= 15 is 0 Å². The minimum absolute atomic E-state index is 0.000939. The third kappa shape index (κ3) is 3.33. The first kappa shape index (κ1) is 14.0. The topological polar surface area (TPSA) is 29.1 Å². The second-order valence-corrected chi connectivity index (χ2v) is 5.38. The molecule has 2 aromatic rings. The first-order valence-electron chi connectivity index (χ1n) is 5.50. The van der Waals surface area contributed by atoms with Crippen molar-refractivity contribution in [3.8, 4) is 0 Å². The van der Waals surface area contributed by atoms with Gasteiger partial charge in [0.15, 0.2) is 0 Å². The van der Waals surface area contributed by atoms with Crippen LogP contribution in [0.3, 0.4) is 0 Å². The third-order valence-electron chi connectivity index (χ3n) is 2.55. The molecule has 0 unspecified atom stereocenters. The van der Waals surface area contributed by atoms with Crippen LogP contribution in [0.25, 0.3) is 0 Å². The summed E-state index contributed by atoms with van der Waals surface area (Å²) in [6.45, 7) is 1.79. The van der Waals surface area contributed by atoms with E-state index in [1.54, 1.807) is 31.2 Å². The Kier molecular flexibility index (Phi) is 4.22. The fourth-order valence-corrected chi connectivity index (χ4v) is 2.31. The predicted molar refractivity (Wildman–Crippen MR) is 78.2 cm³/mol. The van der Waals surface area contributed by atoms with Crippen LogP contribution in [0.2, 0.25) is 5.02 Å². The van der Waals surface area contributed by atoms with E-state index < -0.39 is 11.7 Å².